The van der Waals surface area contributed by atoms with Crippen LogP contribution in [0.2, 0.25) is 0 Å². The molecule has 1 fully saturated rings. The molecule has 152 valence electrons. The summed E-state index contributed by atoms with van der Waals surface area (Å²) >= 11 is 0. The molecule has 0 aromatic heterocycles. The topological polar surface area (TPSA) is 72.6 Å². The van der Waals surface area contributed by atoms with E-state index in [1.165, 1.54) is 18.4 Å². The van der Waals surface area contributed by atoms with E-state index < -0.39 is 16.4 Å². The number of rotatable bonds is 6. The number of hydrogen-bond donors (Lipinski definition) is 1. The van der Waals surface area contributed by atoms with Crippen molar-refractivity contribution in [3.63, 3.8) is 0 Å². The third-order valence-electron chi connectivity index (χ3n) is 4.98. The van der Waals surface area contributed by atoms with Gasteiger partial charge in [-0.05, 0) is 70.1 Å². The minimum atomic E-state index is -1.03. The Morgan fingerprint density at radius 2 is 1.93 bits per heavy atom. The van der Waals surface area contributed by atoms with Gasteiger partial charge in [0.25, 0.3) is 0 Å². The fourth-order valence-electron chi connectivity index (χ4n) is 3.51. The summed E-state index contributed by atoms with van der Waals surface area (Å²) in [5.74, 6) is 0.693. The van der Waals surface area contributed by atoms with Crippen LogP contribution in [0.5, 0.6) is 0 Å². The van der Waals surface area contributed by atoms with E-state index in [2.05, 4.69) is 0 Å². The van der Waals surface area contributed by atoms with Crippen LogP contribution in [0.4, 0.5) is 10.5 Å². The van der Waals surface area contributed by atoms with Crippen LogP contribution in [0, 0.1) is 5.92 Å². The molecule has 2 rings (SSSR count). The highest BCUT2D eigenvalue weighted by Gasteiger charge is 2.26. The molecule has 5 nitrogen and oxygen atoms in total. The quantitative estimate of drug-likeness (QED) is 0.574. The van der Waals surface area contributed by atoms with Gasteiger partial charge in [-0.1, -0.05) is 18.9 Å². The van der Waals surface area contributed by atoms with Gasteiger partial charge < -0.3 is 15.4 Å². The maximum absolute atomic E-state index is 12.1. The second kappa shape index (κ2) is 9.58. The second-order valence-corrected chi connectivity index (χ2v) is 9.83. The predicted octanol–water partition coefficient (Wildman–Crippen LogP) is 4.37. The van der Waals surface area contributed by atoms with Crippen LogP contribution < -0.4 is 5.73 Å². The fourth-order valence-corrected chi connectivity index (χ4v) is 4.16. The normalized spacial score (nSPS) is 17.0. The van der Waals surface area contributed by atoms with Crippen LogP contribution in [-0.4, -0.2) is 40.1 Å². The highest BCUT2D eigenvalue weighted by Crippen LogP contribution is 2.25. The van der Waals surface area contributed by atoms with Gasteiger partial charge in [0.1, 0.15) is 5.60 Å². The van der Waals surface area contributed by atoms with E-state index in [-0.39, 0.29) is 6.09 Å². The number of carbonyl (C=O) groups excluding carboxylic acids is 1. The average molecular weight is 395 g/mol. The molecule has 0 saturated carbocycles. The summed E-state index contributed by atoms with van der Waals surface area (Å²) in [6.07, 6.45) is 8.09. The minimum Gasteiger partial charge on any atom is -0.444 e. The molecule has 1 heterocycles. The lowest BCUT2D eigenvalue weighted by atomic mass is 9.91. The summed E-state index contributed by atoms with van der Waals surface area (Å²) in [6, 6.07) is 5.87. The summed E-state index contributed by atoms with van der Waals surface area (Å²) in [6.45, 7) is 7.30. The van der Waals surface area contributed by atoms with Crippen LogP contribution in [0.15, 0.2) is 23.1 Å². The molecule has 1 atom stereocenters. The Balaban J connectivity index is 1.67. The molecule has 2 N–H and O–H groups in total. The standard InChI is InChI=1S/C21H34N2O3S/c1-21(2,3)26-20(24)23-13-11-16(12-14-23)7-5-6-8-17-9-10-19(27(4)25)18(22)15-17/h9-10,15-16H,5-8,11-14,22H2,1-4H3. The number of benzene rings is 1. The van der Waals surface area contributed by atoms with Gasteiger partial charge in [0.15, 0.2) is 0 Å². The van der Waals surface area contributed by atoms with Crippen molar-refractivity contribution < 1.29 is 13.7 Å². The van der Waals surface area contributed by atoms with Crippen molar-refractivity contribution in [3.8, 4) is 0 Å². The van der Waals surface area contributed by atoms with E-state index >= 15 is 0 Å². The third-order valence-corrected chi connectivity index (χ3v) is 5.97. The number of carbonyl (C=O) groups is 1. The molecule has 1 aliphatic heterocycles. The predicted molar refractivity (Wildman–Crippen MR) is 111 cm³/mol. The van der Waals surface area contributed by atoms with Crippen LogP contribution in [0.1, 0.15) is 58.4 Å². The van der Waals surface area contributed by atoms with E-state index in [0.29, 0.717) is 11.6 Å². The SMILES string of the molecule is CS(=O)c1ccc(CCCCC2CCN(C(=O)OC(C)(C)C)CC2)cc1N. The molecule has 1 aliphatic rings. The maximum Gasteiger partial charge on any atom is 0.410 e. The van der Waals surface area contributed by atoms with Crippen molar-refractivity contribution >= 4 is 22.6 Å². The Bertz CT molecular complexity index is 662. The number of likely N-dealkylation sites (tertiary alicyclic amines) is 1. The number of piperidine rings is 1. The zero-order valence-electron chi connectivity index (χ0n) is 17.1. The van der Waals surface area contributed by atoms with Gasteiger partial charge in [0.05, 0.1) is 15.7 Å². The molecular formula is C21H34N2O3S. The maximum atomic E-state index is 12.1. The zero-order valence-corrected chi connectivity index (χ0v) is 17.9. The molecule has 0 aliphatic carbocycles. The molecule has 27 heavy (non-hydrogen) atoms. The second-order valence-electron chi connectivity index (χ2n) is 8.48. The van der Waals surface area contributed by atoms with Crippen LogP contribution >= 0.6 is 0 Å². The first kappa shape index (κ1) is 21.7. The Morgan fingerprint density at radius 3 is 2.48 bits per heavy atom. The van der Waals surface area contributed by atoms with Crippen molar-refractivity contribution in [2.75, 3.05) is 25.1 Å². The highest BCUT2D eigenvalue weighted by atomic mass is 32.2. The number of anilines is 1. The van der Waals surface area contributed by atoms with E-state index in [1.807, 2.05) is 43.9 Å². The van der Waals surface area contributed by atoms with E-state index in [1.54, 1.807) is 6.26 Å². The number of amides is 1. The van der Waals surface area contributed by atoms with Gasteiger partial charge >= 0.3 is 6.09 Å². The number of ether oxygens (including phenoxy) is 1. The van der Waals surface area contributed by atoms with Crippen molar-refractivity contribution in [3.05, 3.63) is 23.8 Å². The number of aryl methyl sites for hydroxylation is 1. The first-order valence-corrected chi connectivity index (χ1v) is 11.4. The largest absolute Gasteiger partial charge is 0.444 e. The molecule has 1 aromatic carbocycles. The third kappa shape index (κ3) is 7.17. The number of nitrogen functional groups attached to an aromatic ring is 1. The molecule has 0 spiro atoms. The first-order valence-electron chi connectivity index (χ1n) is 9.85. The smallest absolute Gasteiger partial charge is 0.410 e. The number of nitrogens with zero attached hydrogens (tertiary/aromatic N) is 1. The van der Waals surface area contributed by atoms with Crippen LogP contribution in [0.3, 0.4) is 0 Å². The van der Waals surface area contributed by atoms with Gasteiger partial charge in [-0.25, -0.2) is 4.79 Å². The van der Waals surface area contributed by atoms with Crippen molar-refractivity contribution in [2.45, 2.75) is 69.8 Å². The molecule has 1 aromatic rings. The minimum absolute atomic E-state index is 0.185. The Hall–Kier alpha value is -1.56. The number of unbranched alkanes of at least 4 members (excludes halogenated alkanes) is 1. The fraction of sp³-hybridized carbons (Fsp3) is 0.667. The summed E-state index contributed by atoms with van der Waals surface area (Å²) in [5, 5.41) is 0. The first-order chi connectivity index (χ1) is 12.7. The lowest BCUT2D eigenvalue weighted by molar-refractivity contribution is 0.0180. The molecule has 0 radical (unpaired) electrons. The van der Waals surface area contributed by atoms with E-state index in [4.69, 9.17) is 10.5 Å². The molecule has 0 bridgehead atoms. The monoisotopic (exact) mass is 394 g/mol. The molecule has 1 saturated heterocycles. The highest BCUT2D eigenvalue weighted by molar-refractivity contribution is 7.84. The summed E-state index contributed by atoms with van der Waals surface area (Å²) in [7, 11) is -1.03. The average Bonchev–Trinajstić information content (AvgIpc) is 2.57. The summed E-state index contributed by atoms with van der Waals surface area (Å²) < 4.78 is 17.0. The van der Waals surface area contributed by atoms with Crippen molar-refractivity contribution in [1.29, 1.82) is 0 Å². The van der Waals surface area contributed by atoms with E-state index in [0.717, 1.165) is 43.7 Å². The summed E-state index contributed by atoms with van der Waals surface area (Å²) in [5.41, 5.74) is 7.39. The molecule has 6 heteroatoms. The van der Waals surface area contributed by atoms with Gasteiger partial charge in [-0.15, -0.1) is 0 Å². The van der Waals surface area contributed by atoms with Gasteiger partial charge in [-0.3, -0.25) is 4.21 Å². The van der Waals surface area contributed by atoms with E-state index in [9.17, 15) is 9.00 Å². The lowest BCUT2D eigenvalue weighted by Gasteiger charge is -2.33. The number of nitrogens with two attached hydrogens (primary N) is 1. The van der Waals surface area contributed by atoms with Crippen molar-refractivity contribution in [2.24, 2.45) is 5.92 Å². The molecular weight excluding hydrogens is 360 g/mol. The molecule has 1 unspecified atom stereocenters. The van der Waals surface area contributed by atoms with Crippen LogP contribution in [0.25, 0.3) is 0 Å². The van der Waals surface area contributed by atoms with Crippen molar-refractivity contribution in [1.82, 2.24) is 4.90 Å². The lowest BCUT2D eigenvalue weighted by Crippen LogP contribution is -2.41. The summed E-state index contributed by atoms with van der Waals surface area (Å²) in [4.78, 5) is 14.7. The van der Waals surface area contributed by atoms with Gasteiger partial charge in [-0.2, -0.15) is 0 Å². The Labute approximate surface area is 166 Å². The van der Waals surface area contributed by atoms with Gasteiger partial charge in [0, 0.05) is 25.0 Å². The zero-order chi connectivity index (χ0) is 20.0. The molecule has 1 amide bonds. The number of hydrogen-bond acceptors (Lipinski definition) is 4. The Kier molecular flexibility index (Phi) is 7.71. The van der Waals surface area contributed by atoms with Crippen LogP contribution in [-0.2, 0) is 22.0 Å². The van der Waals surface area contributed by atoms with Gasteiger partial charge in [0.2, 0.25) is 0 Å². The Morgan fingerprint density at radius 1 is 1.26 bits per heavy atom.